The first-order chi connectivity index (χ1) is 11.0. The van der Waals surface area contributed by atoms with Gasteiger partial charge < -0.3 is 9.47 Å². The first-order valence-corrected chi connectivity index (χ1v) is 8.06. The monoisotopic (exact) mass is 336 g/mol. The lowest BCUT2D eigenvalue weighted by Crippen LogP contribution is -2.41. The Kier molecular flexibility index (Phi) is 5.20. The summed E-state index contributed by atoms with van der Waals surface area (Å²) in [6.45, 7) is 0. The molecule has 0 aliphatic rings. The molecule has 2 aromatic carbocycles. The number of sulfonamides is 1. The van der Waals surface area contributed by atoms with Crippen LogP contribution in [0.2, 0.25) is 0 Å². The molecule has 2 rings (SSSR count). The number of carbonyl (C=O) groups is 1. The van der Waals surface area contributed by atoms with Gasteiger partial charge in [-0.1, -0.05) is 24.3 Å². The molecule has 0 saturated heterocycles. The maximum absolute atomic E-state index is 12.2. The van der Waals surface area contributed by atoms with Crippen LogP contribution in [0.5, 0.6) is 11.5 Å². The molecule has 122 valence electrons. The summed E-state index contributed by atoms with van der Waals surface area (Å²) in [5, 5.41) is 0. The Morgan fingerprint density at radius 1 is 0.957 bits per heavy atom. The highest BCUT2D eigenvalue weighted by molar-refractivity contribution is 7.89. The minimum Gasteiger partial charge on any atom is -0.493 e. The van der Waals surface area contributed by atoms with E-state index in [1.165, 1.54) is 32.4 Å². The molecule has 1 amide bonds. The van der Waals surface area contributed by atoms with Gasteiger partial charge >= 0.3 is 0 Å². The van der Waals surface area contributed by atoms with Crippen LogP contribution in [0.3, 0.4) is 0 Å². The molecular weight excluding hydrogens is 320 g/mol. The fourth-order valence-corrected chi connectivity index (χ4v) is 2.77. The van der Waals surface area contributed by atoms with Crippen molar-refractivity contribution in [2.75, 3.05) is 14.2 Å². The standard InChI is InChI=1S/C15H16N2O5S/c1-21-13-10-6-9-12(14(13)22-2)15(18)16-17-23(19,20)11-7-4-3-5-8-11/h3-10,17H,1-2H3,(H,16,18). The molecule has 0 bridgehead atoms. The van der Waals surface area contributed by atoms with E-state index in [0.29, 0.717) is 5.75 Å². The summed E-state index contributed by atoms with van der Waals surface area (Å²) in [7, 11) is -1.02. The number of methoxy groups -OCH3 is 2. The van der Waals surface area contributed by atoms with Gasteiger partial charge in [-0.2, -0.15) is 0 Å². The second-order valence-corrected chi connectivity index (χ2v) is 6.10. The highest BCUT2D eigenvalue weighted by atomic mass is 32.2. The van der Waals surface area contributed by atoms with Crippen molar-refractivity contribution in [3.05, 3.63) is 54.1 Å². The van der Waals surface area contributed by atoms with Crippen molar-refractivity contribution in [1.29, 1.82) is 0 Å². The molecular formula is C15H16N2O5S. The third kappa shape index (κ3) is 3.79. The van der Waals surface area contributed by atoms with E-state index in [9.17, 15) is 13.2 Å². The normalized spacial score (nSPS) is 10.9. The largest absolute Gasteiger partial charge is 0.493 e. The van der Waals surface area contributed by atoms with Crippen LogP contribution in [0, 0.1) is 0 Å². The molecule has 0 spiro atoms. The topological polar surface area (TPSA) is 93.7 Å². The minimum atomic E-state index is -3.85. The number of hydrogen-bond acceptors (Lipinski definition) is 5. The van der Waals surface area contributed by atoms with Crippen molar-refractivity contribution >= 4 is 15.9 Å². The van der Waals surface area contributed by atoms with Crippen molar-refractivity contribution in [3.63, 3.8) is 0 Å². The number of amides is 1. The molecule has 0 saturated carbocycles. The molecule has 2 N–H and O–H groups in total. The molecule has 0 unspecified atom stereocenters. The SMILES string of the molecule is COc1cccc(C(=O)NNS(=O)(=O)c2ccccc2)c1OC. The highest BCUT2D eigenvalue weighted by Gasteiger charge is 2.19. The van der Waals surface area contributed by atoms with Gasteiger partial charge in [-0.15, -0.1) is 4.83 Å². The summed E-state index contributed by atoms with van der Waals surface area (Å²) in [6.07, 6.45) is 0. The average molecular weight is 336 g/mol. The van der Waals surface area contributed by atoms with Gasteiger partial charge in [-0.3, -0.25) is 10.2 Å². The van der Waals surface area contributed by atoms with Crippen LogP contribution >= 0.6 is 0 Å². The van der Waals surface area contributed by atoms with Gasteiger partial charge in [0.1, 0.15) is 0 Å². The number of ether oxygens (including phenoxy) is 2. The Hall–Kier alpha value is -2.58. The fourth-order valence-electron chi connectivity index (χ4n) is 1.91. The summed E-state index contributed by atoms with van der Waals surface area (Å²) in [5.41, 5.74) is 2.29. The molecule has 0 aliphatic carbocycles. The van der Waals surface area contributed by atoms with Gasteiger partial charge in [0.15, 0.2) is 11.5 Å². The van der Waals surface area contributed by atoms with Crippen LogP contribution in [-0.4, -0.2) is 28.5 Å². The molecule has 0 atom stereocenters. The number of carbonyl (C=O) groups excluding carboxylic acids is 1. The zero-order valence-corrected chi connectivity index (χ0v) is 13.4. The Balaban J connectivity index is 2.18. The number of para-hydroxylation sites is 1. The summed E-state index contributed by atoms with van der Waals surface area (Å²) >= 11 is 0. The van der Waals surface area contributed by atoms with E-state index < -0.39 is 15.9 Å². The van der Waals surface area contributed by atoms with E-state index >= 15 is 0 Å². The first-order valence-electron chi connectivity index (χ1n) is 6.58. The predicted molar refractivity (Wildman–Crippen MR) is 83.8 cm³/mol. The molecule has 2 aromatic rings. The van der Waals surface area contributed by atoms with E-state index in [1.807, 2.05) is 4.83 Å². The van der Waals surface area contributed by atoms with E-state index in [-0.39, 0.29) is 16.2 Å². The first kappa shape index (κ1) is 16.8. The Morgan fingerprint density at radius 2 is 1.65 bits per heavy atom. The fraction of sp³-hybridized carbons (Fsp3) is 0.133. The summed E-state index contributed by atoms with van der Waals surface area (Å²) < 4.78 is 34.4. The van der Waals surface area contributed by atoms with Crippen molar-refractivity contribution in [1.82, 2.24) is 10.3 Å². The van der Waals surface area contributed by atoms with Gasteiger partial charge in [-0.05, 0) is 24.3 Å². The van der Waals surface area contributed by atoms with Crippen LogP contribution in [0.25, 0.3) is 0 Å². The van der Waals surface area contributed by atoms with Crippen molar-refractivity contribution in [2.45, 2.75) is 4.90 Å². The molecule has 7 nitrogen and oxygen atoms in total. The van der Waals surface area contributed by atoms with Crippen LogP contribution in [0.1, 0.15) is 10.4 Å². The van der Waals surface area contributed by atoms with Gasteiger partial charge in [0.25, 0.3) is 15.9 Å². The molecule has 8 heteroatoms. The third-order valence-electron chi connectivity index (χ3n) is 3.00. The van der Waals surface area contributed by atoms with Crippen LogP contribution in [0.4, 0.5) is 0 Å². The van der Waals surface area contributed by atoms with Crippen LogP contribution < -0.4 is 19.7 Å². The average Bonchev–Trinajstić information content (AvgIpc) is 2.59. The third-order valence-corrected chi connectivity index (χ3v) is 4.26. The lowest BCUT2D eigenvalue weighted by molar-refractivity contribution is 0.0941. The van der Waals surface area contributed by atoms with Crippen molar-refractivity contribution < 1.29 is 22.7 Å². The maximum atomic E-state index is 12.2. The Bertz CT molecular complexity index is 791. The van der Waals surface area contributed by atoms with Crippen molar-refractivity contribution in [3.8, 4) is 11.5 Å². The molecule has 0 fully saturated rings. The Labute approximate surface area is 134 Å². The summed E-state index contributed by atoms with van der Waals surface area (Å²) in [5.74, 6) is -0.0854. The zero-order chi connectivity index (χ0) is 16.9. The molecule has 23 heavy (non-hydrogen) atoms. The number of rotatable bonds is 6. The Morgan fingerprint density at radius 3 is 2.26 bits per heavy atom. The summed E-state index contributed by atoms with van der Waals surface area (Å²) in [4.78, 5) is 14.3. The van der Waals surface area contributed by atoms with Crippen molar-refractivity contribution in [2.24, 2.45) is 0 Å². The maximum Gasteiger partial charge on any atom is 0.270 e. The van der Waals surface area contributed by atoms with Gasteiger partial charge in [0, 0.05) is 0 Å². The molecule has 0 radical (unpaired) electrons. The van der Waals surface area contributed by atoms with E-state index in [0.717, 1.165) is 0 Å². The van der Waals surface area contributed by atoms with Gasteiger partial charge in [0.05, 0.1) is 24.7 Å². The van der Waals surface area contributed by atoms with Gasteiger partial charge in [-0.25, -0.2) is 8.42 Å². The second-order valence-electron chi connectivity index (χ2n) is 4.41. The van der Waals surface area contributed by atoms with E-state index in [1.54, 1.807) is 30.3 Å². The molecule has 0 heterocycles. The van der Waals surface area contributed by atoms with E-state index in [4.69, 9.17) is 9.47 Å². The summed E-state index contributed by atoms with van der Waals surface area (Å²) in [6, 6.07) is 12.4. The number of benzene rings is 2. The quantitative estimate of drug-likeness (QED) is 0.776. The van der Waals surface area contributed by atoms with Crippen LogP contribution in [0.15, 0.2) is 53.4 Å². The van der Waals surface area contributed by atoms with E-state index in [2.05, 4.69) is 5.43 Å². The predicted octanol–water partition coefficient (Wildman–Crippen LogP) is 1.33. The number of hydrogen-bond donors (Lipinski definition) is 2. The number of hydrazine groups is 1. The zero-order valence-electron chi connectivity index (χ0n) is 12.6. The number of nitrogens with one attached hydrogen (secondary N) is 2. The smallest absolute Gasteiger partial charge is 0.270 e. The van der Waals surface area contributed by atoms with Gasteiger partial charge in [0.2, 0.25) is 0 Å². The molecule has 0 aromatic heterocycles. The lowest BCUT2D eigenvalue weighted by atomic mass is 10.2. The highest BCUT2D eigenvalue weighted by Crippen LogP contribution is 2.30. The second kappa shape index (κ2) is 7.12. The molecule has 0 aliphatic heterocycles. The van der Waals surface area contributed by atoms with Crippen LogP contribution in [-0.2, 0) is 10.0 Å². The lowest BCUT2D eigenvalue weighted by Gasteiger charge is -2.13. The minimum absolute atomic E-state index is 0.0397.